The molecule has 3 heteroatoms. The molecule has 1 N–H and O–H groups in total. The maximum Gasteiger partial charge on any atom is 0.0314 e. The van der Waals surface area contributed by atoms with E-state index >= 15 is 0 Å². The van der Waals surface area contributed by atoms with Crippen LogP contribution in [0.15, 0.2) is 15.2 Å². The third-order valence-corrected chi connectivity index (χ3v) is 4.72. The minimum Gasteiger partial charge on any atom is -0.314 e. The molecule has 1 unspecified atom stereocenters. The van der Waals surface area contributed by atoms with Gasteiger partial charge in [0, 0.05) is 15.9 Å². The van der Waals surface area contributed by atoms with E-state index in [1.165, 1.54) is 16.5 Å². The van der Waals surface area contributed by atoms with E-state index in [4.69, 9.17) is 0 Å². The molecule has 1 rings (SSSR count). The molecular weight excluding hydrogens is 282 g/mol. The summed E-state index contributed by atoms with van der Waals surface area (Å²) in [5.74, 6) is 0. The molecule has 0 radical (unpaired) electrons. The van der Waals surface area contributed by atoms with E-state index in [0.717, 1.165) is 13.0 Å². The molecule has 0 saturated heterocycles. The number of thiophene rings is 1. The van der Waals surface area contributed by atoms with Crippen LogP contribution in [0.3, 0.4) is 0 Å². The first-order valence-corrected chi connectivity index (χ1v) is 7.62. The van der Waals surface area contributed by atoms with E-state index in [2.05, 4.69) is 59.7 Å². The average molecular weight is 304 g/mol. The summed E-state index contributed by atoms with van der Waals surface area (Å²) in [5.41, 5.74) is 1.77. The van der Waals surface area contributed by atoms with Gasteiger partial charge >= 0.3 is 0 Å². The van der Waals surface area contributed by atoms with Gasteiger partial charge in [0.25, 0.3) is 0 Å². The number of rotatable bonds is 5. The van der Waals surface area contributed by atoms with Crippen LogP contribution in [0.25, 0.3) is 0 Å². The Labute approximate surface area is 112 Å². The standard InChI is InChI=1S/C13H22BrNS/c1-5-15-12(13(2,3)4)7-6-10-8-16-9-11(10)14/h8-9,12,15H,5-7H2,1-4H3. The molecule has 1 heterocycles. The Kier molecular flexibility index (Phi) is 5.48. The lowest BCUT2D eigenvalue weighted by Gasteiger charge is -2.31. The first-order chi connectivity index (χ1) is 7.45. The quantitative estimate of drug-likeness (QED) is 0.846. The van der Waals surface area contributed by atoms with Crippen molar-refractivity contribution in [2.75, 3.05) is 6.54 Å². The molecule has 92 valence electrons. The third kappa shape index (κ3) is 4.19. The second kappa shape index (κ2) is 6.18. The Morgan fingerprint density at radius 1 is 1.38 bits per heavy atom. The van der Waals surface area contributed by atoms with E-state index in [1.807, 2.05) is 0 Å². The molecule has 1 atom stereocenters. The van der Waals surface area contributed by atoms with E-state index in [9.17, 15) is 0 Å². The van der Waals surface area contributed by atoms with Crippen molar-refractivity contribution < 1.29 is 0 Å². The fourth-order valence-corrected chi connectivity index (χ4v) is 3.41. The van der Waals surface area contributed by atoms with Crippen molar-refractivity contribution in [1.82, 2.24) is 5.32 Å². The molecule has 0 bridgehead atoms. The smallest absolute Gasteiger partial charge is 0.0314 e. The molecule has 0 aliphatic rings. The van der Waals surface area contributed by atoms with Crippen LogP contribution in [-0.4, -0.2) is 12.6 Å². The summed E-state index contributed by atoms with van der Waals surface area (Å²) in [6, 6.07) is 0.587. The normalized spacial score (nSPS) is 14.1. The van der Waals surface area contributed by atoms with E-state index in [0.29, 0.717) is 11.5 Å². The Bertz CT molecular complexity index is 314. The molecule has 0 saturated carbocycles. The first kappa shape index (κ1) is 14.2. The van der Waals surface area contributed by atoms with Crippen molar-refractivity contribution in [1.29, 1.82) is 0 Å². The number of hydrogen-bond donors (Lipinski definition) is 1. The Morgan fingerprint density at radius 2 is 2.06 bits per heavy atom. The van der Waals surface area contributed by atoms with Crippen LogP contribution >= 0.6 is 27.3 Å². The predicted octanol–water partition coefficient (Wildman–Crippen LogP) is 4.47. The molecule has 1 nitrogen and oxygen atoms in total. The SMILES string of the molecule is CCNC(CCc1cscc1Br)C(C)(C)C. The second-order valence-electron chi connectivity index (χ2n) is 5.26. The van der Waals surface area contributed by atoms with Crippen molar-refractivity contribution in [3.63, 3.8) is 0 Å². The fourth-order valence-electron chi connectivity index (χ4n) is 1.87. The highest BCUT2D eigenvalue weighted by Crippen LogP contribution is 2.27. The molecule has 0 aromatic carbocycles. The summed E-state index contributed by atoms with van der Waals surface area (Å²) >= 11 is 5.37. The molecule has 1 aromatic rings. The van der Waals surface area contributed by atoms with E-state index < -0.39 is 0 Å². The number of halogens is 1. The van der Waals surface area contributed by atoms with Crippen LogP contribution in [-0.2, 0) is 6.42 Å². The van der Waals surface area contributed by atoms with Crippen LogP contribution in [0.2, 0.25) is 0 Å². The first-order valence-electron chi connectivity index (χ1n) is 5.89. The number of nitrogens with one attached hydrogen (secondary N) is 1. The Hall–Kier alpha value is 0.140. The van der Waals surface area contributed by atoms with Crippen LogP contribution < -0.4 is 5.32 Å². The van der Waals surface area contributed by atoms with Gasteiger partial charge in [-0.2, -0.15) is 11.3 Å². The monoisotopic (exact) mass is 303 g/mol. The van der Waals surface area contributed by atoms with Crippen LogP contribution in [0.5, 0.6) is 0 Å². The summed E-state index contributed by atoms with van der Waals surface area (Å²) in [6.07, 6.45) is 2.35. The van der Waals surface area contributed by atoms with Gasteiger partial charge in [-0.05, 0) is 51.7 Å². The van der Waals surface area contributed by atoms with Gasteiger partial charge in [0.2, 0.25) is 0 Å². The molecule has 0 aliphatic carbocycles. The largest absolute Gasteiger partial charge is 0.314 e. The van der Waals surface area contributed by atoms with Gasteiger partial charge in [0.05, 0.1) is 0 Å². The molecule has 0 aliphatic heterocycles. The Balaban J connectivity index is 2.54. The zero-order chi connectivity index (χ0) is 12.2. The predicted molar refractivity (Wildman–Crippen MR) is 77.3 cm³/mol. The van der Waals surface area contributed by atoms with Crippen LogP contribution in [0, 0.1) is 5.41 Å². The fraction of sp³-hybridized carbons (Fsp3) is 0.692. The van der Waals surface area contributed by atoms with Gasteiger partial charge in [-0.1, -0.05) is 27.7 Å². The molecule has 0 amide bonds. The topological polar surface area (TPSA) is 12.0 Å². The van der Waals surface area contributed by atoms with Crippen molar-refractivity contribution in [2.45, 2.75) is 46.6 Å². The van der Waals surface area contributed by atoms with Crippen molar-refractivity contribution in [2.24, 2.45) is 5.41 Å². The van der Waals surface area contributed by atoms with Crippen LogP contribution in [0.1, 0.15) is 39.7 Å². The number of hydrogen-bond acceptors (Lipinski definition) is 2. The average Bonchev–Trinajstić information content (AvgIpc) is 2.57. The van der Waals surface area contributed by atoms with Gasteiger partial charge in [-0.15, -0.1) is 0 Å². The highest BCUT2D eigenvalue weighted by Gasteiger charge is 2.23. The zero-order valence-electron chi connectivity index (χ0n) is 10.6. The highest BCUT2D eigenvalue weighted by molar-refractivity contribution is 9.10. The molecule has 0 spiro atoms. The van der Waals surface area contributed by atoms with Gasteiger partial charge < -0.3 is 5.32 Å². The molecule has 0 fully saturated rings. The maximum absolute atomic E-state index is 3.60. The lowest BCUT2D eigenvalue weighted by molar-refractivity contribution is 0.258. The van der Waals surface area contributed by atoms with Crippen molar-refractivity contribution in [3.8, 4) is 0 Å². The maximum atomic E-state index is 3.60. The highest BCUT2D eigenvalue weighted by atomic mass is 79.9. The lowest BCUT2D eigenvalue weighted by atomic mass is 9.83. The minimum atomic E-state index is 0.332. The third-order valence-electron chi connectivity index (χ3n) is 2.89. The number of aryl methyl sites for hydroxylation is 1. The van der Waals surface area contributed by atoms with Gasteiger partial charge in [0.1, 0.15) is 0 Å². The van der Waals surface area contributed by atoms with Crippen LogP contribution in [0.4, 0.5) is 0 Å². The Morgan fingerprint density at radius 3 is 2.50 bits per heavy atom. The summed E-state index contributed by atoms with van der Waals surface area (Å²) in [7, 11) is 0. The lowest BCUT2D eigenvalue weighted by Crippen LogP contribution is -2.40. The van der Waals surface area contributed by atoms with Crippen molar-refractivity contribution >= 4 is 27.3 Å². The van der Waals surface area contributed by atoms with E-state index in [1.54, 1.807) is 11.3 Å². The van der Waals surface area contributed by atoms with Gasteiger partial charge in [-0.3, -0.25) is 0 Å². The summed E-state index contributed by atoms with van der Waals surface area (Å²) in [4.78, 5) is 0. The minimum absolute atomic E-state index is 0.332. The zero-order valence-corrected chi connectivity index (χ0v) is 13.0. The molecule has 16 heavy (non-hydrogen) atoms. The van der Waals surface area contributed by atoms with Crippen molar-refractivity contribution in [3.05, 3.63) is 20.8 Å². The molecular formula is C13H22BrNS. The summed E-state index contributed by atoms with van der Waals surface area (Å²) < 4.78 is 1.27. The van der Waals surface area contributed by atoms with E-state index in [-0.39, 0.29) is 0 Å². The van der Waals surface area contributed by atoms with Gasteiger partial charge in [-0.25, -0.2) is 0 Å². The summed E-state index contributed by atoms with van der Waals surface area (Å²) in [5, 5.41) is 8.00. The molecule has 1 aromatic heterocycles. The van der Waals surface area contributed by atoms with Gasteiger partial charge in [0.15, 0.2) is 0 Å². The second-order valence-corrected chi connectivity index (χ2v) is 6.86. The summed E-state index contributed by atoms with van der Waals surface area (Å²) in [6.45, 7) is 10.2.